The molecule has 17 heavy (non-hydrogen) atoms. The lowest BCUT2D eigenvalue weighted by Crippen LogP contribution is -2.21. The Bertz CT molecular complexity index is 633. The number of imidazole rings is 1. The van der Waals surface area contributed by atoms with Crippen LogP contribution in [0.25, 0.3) is 11.0 Å². The van der Waals surface area contributed by atoms with Crippen LogP contribution in [0.15, 0.2) is 24.3 Å². The molecule has 0 saturated carbocycles. The molecule has 2 aromatic rings. The van der Waals surface area contributed by atoms with Gasteiger partial charge in [0, 0.05) is 7.11 Å². The van der Waals surface area contributed by atoms with Gasteiger partial charge in [0.2, 0.25) is 16.0 Å². The molecule has 0 unspecified atom stereocenters. The summed E-state index contributed by atoms with van der Waals surface area (Å²) in [6.45, 7) is 0.119. The molecule has 0 bridgehead atoms. The van der Waals surface area contributed by atoms with E-state index in [0.717, 1.165) is 3.97 Å². The minimum atomic E-state index is -3.53. The van der Waals surface area contributed by atoms with E-state index in [-0.39, 0.29) is 18.3 Å². The predicted octanol–water partition coefficient (Wildman–Crippen LogP) is 0.443. The van der Waals surface area contributed by atoms with Gasteiger partial charge >= 0.3 is 0 Å². The van der Waals surface area contributed by atoms with E-state index in [0.29, 0.717) is 11.0 Å². The van der Waals surface area contributed by atoms with Crippen LogP contribution in [0.4, 0.5) is 5.95 Å². The Kier molecular flexibility index (Phi) is 3.03. The maximum atomic E-state index is 12.0. The molecule has 2 rings (SSSR count). The van der Waals surface area contributed by atoms with Crippen LogP contribution in [-0.4, -0.2) is 36.8 Å². The van der Waals surface area contributed by atoms with Gasteiger partial charge in [-0.2, -0.15) is 0 Å². The van der Waals surface area contributed by atoms with Crippen molar-refractivity contribution in [1.29, 1.82) is 0 Å². The first-order valence-corrected chi connectivity index (χ1v) is 6.62. The number of benzene rings is 1. The van der Waals surface area contributed by atoms with E-state index in [1.54, 1.807) is 24.3 Å². The molecule has 6 nitrogen and oxygen atoms in total. The van der Waals surface area contributed by atoms with Crippen LogP contribution in [0.3, 0.4) is 0 Å². The highest BCUT2D eigenvalue weighted by molar-refractivity contribution is 7.90. The van der Waals surface area contributed by atoms with E-state index < -0.39 is 10.0 Å². The van der Waals surface area contributed by atoms with Crippen LogP contribution in [0.1, 0.15) is 0 Å². The van der Waals surface area contributed by atoms with Crippen molar-refractivity contribution < 1.29 is 13.2 Å². The highest BCUT2D eigenvalue weighted by atomic mass is 32.2. The molecule has 2 N–H and O–H groups in total. The second-order valence-electron chi connectivity index (χ2n) is 3.53. The summed E-state index contributed by atoms with van der Waals surface area (Å²) in [5.74, 6) is -0.157. The minimum Gasteiger partial charge on any atom is -0.384 e. The summed E-state index contributed by atoms with van der Waals surface area (Å²) in [6.07, 6.45) is 0. The molecule has 1 heterocycles. The van der Waals surface area contributed by atoms with Gasteiger partial charge in [-0.3, -0.25) is 0 Å². The minimum absolute atomic E-state index is 0.0256. The molecule has 7 heteroatoms. The Hall–Kier alpha value is -1.60. The number of aromatic nitrogens is 2. The van der Waals surface area contributed by atoms with Crippen molar-refractivity contribution in [3.05, 3.63) is 24.3 Å². The van der Waals surface area contributed by atoms with Gasteiger partial charge in [-0.25, -0.2) is 17.4 Å². The summed E-state index contributed by atoms with van der Waals surface area (Å²) < 4.78 is 29.9. The maximum absolute atomic E-state index is 12.0. The lowest BCUT2D eigenvalue weighted by molar-refractivity contribution is 0.217. The predicted molar refractivity (Wildman–Crippen MR) is 65.2 cm³/mol. The molecule has 0 aliphatic rings. The molecule has 0 radical (unpaired) electrons. The molecular weight excluding hydrogens is 242 g/mol. The zero-order valence-electron chi connectivity index (χ0n) is 9.33. The Morgan fingerprint density at radius 2 is 2.12 bits per heavy atom. The van der Waals surface area contributed by atoms with Crippen molar-refractivity contribution in [1.82, 2.24) is 8.96 Å². The zero-order chi connectivity index (χ0) is 12.5. The van der Waals surface area contributed by atoms with E-state index in [9.17, 15) is 8.42 Å². The van der Waals surface area contributed by atoms with Gasteiger partial charge in [-0.05, 0) is 12.1 Å². The number of nitrogen functional groups attached to an aromatic ring is 1. The lowest BCUT2D eigenvalue weighted by Gasteiger charge is -2.07. The lowest BCUT2D eigenvalue weighted by atomic mass is 10.3. The first-order chi connectivity index (χ1) is 8.06. The summed E-state index contributed by atoms with van der Waals surface area (Å²) in [6, 6.07) is 6.91. The smallest absolute Gasteiger partial charge is 0.244 e. The normalized spacial score (nSPS) is 12.1. The van der Waals surface area contributed by atoms with Gasteiger partial charge in [0.15, 0.2) is 0 Å². The average molecular weight is 255 g/mol. The first kappa shape index (κ1) is 11.9. The Morgan fingerprint density at radius 1 is 1.41 bits per heavy atom. The van der Waals surface area contributed by atoms with Crippen molar-refractivity contribution in [3.63, 3.8) is 0 Å². The molecule has 0 fully saturated rings. The fourth-order valence-electron chi connectivity index (χ4n) is 1.59. The highest BCUT2D eigenvalue weighted by Gasteiger charge is 2.20. The van der Waals surface area contributed by atoms with Crippen LogP contribution in [0.5, 0.6) is 0 Å². The molecule has 1 aromatic carbocycles. The summed E-state index contributed by atoms with van der Waals surface area (Å²) in [7, 11) is -2.08. The third-order valence-electron chi connectivity index (χ3n) is 2.37. The fraction of sp³-hybridized carbons (Fsp3) is 0.300. The molecule has 1 aromatic heterocycles. The second kappa shape index (κ2) is 4.34. The first-order valence-electron chi connectivity index (χ1n) is 5.01. The van der Waals surface area contributed by atoms with Crippen LogP contribution < -0.4 is 5.73 Å². The van der Waals surface area contributed by atoms with Gasteiger partial charge in [0.05, 0.1) is 23.4 Å². The molecule has 0 atom stereocenters. The number of nitrogens with two attached hydrogens (primary N) is 1. The SMILES string of the molecule is COCCS(=O)(=O)n1c(N)nc2ccccc21. The standard InChI is InChI=1S/C10H13N3O3S/c1-16-6-7-17(14,15)13-9-5-3-2-4-8(9)12-10(13)11/h2-5H,6-7H2,1H3,(H2,11,12). The van der Waals surface area contributed by atoms with E-state index in [1.165, 1.54) is 7.11 Å². The maximum Gasteiger partial charge on any atom is 0.244 e. The average Bonchev–Trinajstić information content (AvgIpc) is 2.63. The van der Waals surface area contributed by atoms with Gasteiger partial charge < -0.3 is 10.5 Å². The molecule has 0 amide bonds. The molecule has 0 aliphatic heterocycles. The monoisotopic (exact) mass is 255 g/mol. The molecular formula is C10H13N3O3S. The number of para-hydroxylation sites is 2. The van der Waals surface area contributed by atoms with Crippen LogP contribution >= 0.6 is 0 Å². The largest absolute Gasteiger partial charge is 0.384 e. The Labute approximate surface area is 99.1 Å². The van der Waals surface area contributed by atoms with Gasteiger partial charge in [0.1, 0.15) is 0 Å². The molecule has 92 valence electrons. The second-order valence-corrected chi connectivity index (χ2v) is 5.47. The summed E-state index contributed by atoms with van der Waals surface area (Å²) in [4.78, 5) is 4.01. The quantitative estimate of drug-likeness (QED) is 0.856. The van der Waals surface area contributed by atoms with E-state index in [2.05, 4.69) is 4.98 Å². The number of hydrogen-bond donors (Lipinski definition) is 1. The van der Waals surface area contributed by atoms with E-state index >= 15 is 0 Å². The number of hydrogen-bond acceptors (Lipinski definition) is 5. The number of anilines is 1. The summed E-state index contributed by atoms with van der Waals surface area (Å²) in [5.41, 5.74) is 6.69. The zero-order valence-corrected chi connectivity index (χ0v) is 10.1. The van der Waals surface area contributed by atoms with E-state index in [1.807, 2.05) is 0 Å². The topological polar surface area (TPSA) is 87.2 Å². The number of rotatable bonds is 4. The third-order valence-corrected chi connectivity index (χ3v) is 3.99. The Balaban J connectivity index is 2.58. The van der Waals surface area contributed by atoms with Crippen molar-refractivity contribution in [3.8, 4) is 0 Å². The van der Waals surface area contributed by atoms with Crippen LogP contribution in [-0.2, 0) is 14.8 Å². The fourth-order valence-corrected chi connectivity index (χ4v) is 2.93. The number of fused-ring (bicyclic) bond motifs is 1. The summed E-state index contributed by atoms with van der Waals surface area (Å²) in [5, 5.41) is 0. The van der Waals surface area contributed by atoms with E-state index in [4.69, 9.17) is 10.5 Å². The van der Waals surface area contributed by atoms with Crippen LogP contribution in [0.2, 0.25) is 0 Å². The molecule has 0 saturated heterocycles. The van der Waals surface area contributed by atoms with Crippen molar-refractivity contribution in [2.45, 2.75) is 0 Å². The molecule has 0 spiro atoms. The Morgan fingerprint density at radius 3 is 2.82 bits per heavy atom. The van der Waals surface area contributed by atoms with Crippen molar-refractivity contribution in [2.24, 2.45) is 0 Å². The number of nitrogens with zero attached hydrogens (tertiary/aromatic N) is 2. The van der Waals surface area contributed by atoms with Crippen molar-refractivity contribution >= 4 is 27.0 Å². The highest BCUT2D eigenvalue weighted by Crippen LogP contribution is 2.19. The van der Waals surface area contributed by atoms with Gasteiger partial charge in [0.25, 0.3) is 0 Å². The van der Waals surface area contributed by atoms with Gasteiger partial charge in [-0.15, -0.1) is 0 Å². The van der Waals surface area contributed by atoms with Crippen molar-refractivity contribution in [2.75, 3.05) is 25.2 Å². The van der Waals surface area contributed by atoms with Crippen LogP contribution in [0, 0.1) is 0 Å². The van der Waals surface area contributed by atoms with Gasteiger partial charge in [-0.1, -0.05) is 12.1 Å². The number of ether oxygens (including phenoxy) is 1. The summed E-state index contributed by atoms with van der Waals surface area (Å²) >= 11 is 0. The third kappa shape index (κ3) is 2.11. The molecule has 0 aliphatic carbocycles. The number of methoxy groups -OCH3 is 1.